The van der Waals surface area contributed by atoms with Gasteiger partial charge in [-0.1, -0.05) is 0 Å². The summed E-state index contributed by atoms with van der Waals surface area (Å²) in [4.78, 5) is 11.7. The van der Waals surface area contributed by atoms with Crippen LogP contribution >= 0.6 is 0 Å². The highest BCUT2D eigenvalue weighted by Gasteiger charge is 2.40. The van der Waals surface area contributed by atoms with Crippen molar-refractivity contribution in [3.63, 3.8) is 0 Å². The maximum absolute atomic E-state index is 12.5. The van der Waals surface area contributed by atoms with Gasteiger partial charge in [-0.15, -0.1) is 0 Å². The Morgan fingerprint density at radius 1 is 1.63 bits per heavy atom. The summed E-state index contributed by atoms with van der Waals surface area (Å²) in [5.74, 6) is -0.635. The zero-order valence-corrected chi connectivity index (χ0v) is 11.4. The molecule has 0 spiro atoms. The van der Waals surface area contributed by atoms with Crippen molar-refractivity contribution < 1.29 is 22.7 Å². The van der Waals surface area contributed by atoms with Gasteiger partial charge in [-0.2, -0.15) is 9.40 Å². The molecule has 8 nitrogen and oxygen atoms in total. The molecule has 1 aromatic rings. The highest BCUT2D eigenvalue weighted by atomic mass is 32.2. The summed E-state index contributed by atoms with van der Waals surface area (Å²) in [6, 6.07) is -0.960. The number of rotatable bonds is 3. The van der Waals surface area contributed by atoms with Crippen LogP contribution in [0.3, 0.4) is 0 Å². The Bertz CT molecular complexity index is 567. The fourth-order valence-electron chi connectivity index (χ4n) is 1.92. The maximum atomic E-state index is 12.5. The lowest BCUT2D eigenvalue weighted by molar-refractivity contribution is -0.149. The van der Waals surface area contributed by atoms with E-state index in [0.717, 1.165) is 4.31 Å². The van der Waals surface area contributed by atoms with Gasteiger partial charge in [0.15, 0.2) is 0 Å². The monoisotopic (exact) mass is 289 g/mol. The molecule has 19 heavy (non-hydrogen) atoms. The van der Waals surface area contributed by atoms with Crippen molar-refractivity contribution in [1.82, 2.24) is 14.5 Å². The zero-order valence-electron chi connectivity index (χ0n) is 10.6. The van der Waals surface area contributed by atoms with Crippen LogP contribution in [0.15, 0.2) is 11.1 Å². The van der Waals surface area contributed by atoms with Gasteiger partial charge in [0.2, 0.25) is 10.0 Å². The molecule has 1 atom stereocenters. The van der Waals surface area contributed by atoms with Gasteiger partial charge in [0.25, 0.3) is 0 Å². The van der Waals surface area contributed by atoms with Gasteiger partial charge in [-0.3, -0.25) is 9.89 Å². The molecular weight excluding hydrogens is 274 g/mol. The van der Waals surface area contributed by atoms with Crippen molar-refractivity contribution in [2.45, 2.75) is 17.9 Å². The number of aromatic amines is 1. The molecule has 2 rings (SSSR count). The predicted molar refractivity (Wildman–Crippen MR) is 63.8 cm³/mol. The number of nitrogens with zero attached hydrogens (tertiary/aromatic N) is 2. The summed E-state index contributed by atoms with van der Waals surface area (Å²) >= 11 is 0. The summed E-state index contributed by atoms with van der Waals surface area (Å²) in [6.45, 7) is 1.94. The van der Waals surface area contributed by atoms with E-state index >= 15 is 0 Å². The average Bonchev–Trinajstić information content (AvgIpc) is 2.85. The molecule has 1 aromatic heterocycles. The van der Waals surface area contributed by atoms with E-state index in [1.165, 1.54) is 13.3 Å². The van der Waals surface area contributed by atoms with E-state index in [1.54, 1.807) is 6.92 Å². The van der Waals surface area contributed by atoms with Crippen LogP contribution in [-0.4, -0.2) is 61.8 Å². The number of carbonyl (C=O) groups excluding carboxylic acids is 1. The van der Waals surface area contributed by atoms with E-state index in [1.807, 2.05) is 0 Å². The Morgan fingerprint density at radius 2 is 2.37 bits per heavy atom. The molecule has 0 amide bonds. The molecule has 1 aliphatic rings. The zero-order chi connectivity index (χ0) is 14.0. The van der Waals surface area contributed by atoms with E-state index in [9.17, 15) is 13.2 Å². The largest absolute Gasteiger partial charge is 0.468 e. The fourth-order valence-corrected chi connectivity index (χ4v) is 3.59. The first-order chi connectivity index (χ1) is 8.98. The van der Waals surface area contributed by atoms with Gasteiger partial charge in [0.05, 0.1) is 32.2 Å². The summed E-state index contributed by atoms with van der Waals surface area (Å²) < 4.78 is 35.9. The minimum Gasteiger partial charge on any atom is -0.468 e. The number of H-pyrrole nitrogens is 1. The van der Waals surface area contributed by atoms with Crippen LogP contribution in [-0.2, 0) is 24.3 Å². The second-order valence-corrected chi connectivity index (χ2v) is 5.95. The molecule has 1 N–H and O–H groups in total. The van der Waals surface area contributed by atoms with Crippen LogP contribution in [0.1, 0.15) is 5.69 Å². The van der Waals surface area contributed by atoms with Crippen molar-refractivity contribution in [3.05, 3.63) is 11.9 Å². The molecule has 0 aliphatic carbocycles. The topological polar surface area (TPSA) is 102 Å². The van der Waals surface area contributed by atoms with Crippen molar-refractivity contribution in [2.75, 3.05) is 26.9 Å². The normalized spacial score (nSPS) is 21.3. The number of nitrogens with one attached hydrogen (secondary N) is 1. The van der Waals surface area contributed by atoms with Crippen LogP contribution in [0.25, 0.3) is 0 Å². The molecule has 0 bridgehead atoms. The molecule has 1 saturated heterocycles. The van der Waals surface area contributed by atoms with Gasteiger partial charge in [-0.05, 0) is 6.92 Å². The van der Waals surface area contributed by atoms with E-state index < -0.39 is 22.0 Å². The molecule has 1 unspecified atom stereocenters. The molecule has 9 heteroatoms. The number of ether oxygens (including phenoxy) is 2. The van der Waals surface area contributed by atoms with Gasteiger partial charge in [0, 0.05) is 6.54 Å². The highest BCUT2D eigenvalue weighted by molar-refractivity contribution is 7.89. The van der Waals surface area contributed by atoms with Crippen LogP contribution in [0.4, 0.5) is 0 Å². The molecule has 106 valence electrons. The number of morpholine rings is 1. The van der Waals surface area contributed by atoms with Crippen molar-refractivity contribution in [1.29, 1.82) is 0 Å². The summed E-state index contributed by atoms with van der Waals surface area (Å²) in [7, 11) is -2.58. The van der Waals surface area contributed by atoms with Crippen LogP contribution in [0.5, 0.6) is 0 Å². The Hall–Kier alpha value is -1.45. The molecule has 1 aliphatic heterocycles. The second kappa shape index (κ2) is 5.27. The third kappa shape index (κ3) is 2.48. The summed E-state index contributed by atoms with van der Waals surface area (Å²) in [5.41, 5.74) is 0.426. The van der Waals surface area contributed by atoms with Gasteiger partial charge >= 0.3 is 5.97 Å². The van der Waals surface area contributed by atoms with Crippen LogP contribution < -0.4 is 0 Å². The first kappa shape index (κ1) is 14.0. The third-order valence-electron chi connectivity index (χ3n) is 2.92. The maximum Gasteiger partial charge on any atom is 0.326 e. The summed E-state index contributed by atoms with van der Waals surface area (Å²) in [5, 5.41) is 6.26. The van der Waals surface area contributed by atoms with Gasteiger partial charge in [-0.25, -0.2) is 8.42 Å². The van der Waals surface area contributed by atoms with Crippen LogP contribution in [0.2, 0.25) is 0 Å². The Balaban J connectivity index is 2.37. The standard InChI is InChI=1S/C10H15N3O5S/c1-7-9(5-11-12-7)19(15,16)13-3-4-18-6-8(13)10(14)17-2/h5,8H,3-4,6H2,1-2H3,(H,11,12). The molecule has 2 heterocycles. The number of aromatic nitrogens is 2. The molecule has 0 aromatic carbocycles. The molecule has 1 fully saturated rings. The minimum absolute atomic E-state index is 0.0111. The fraction of sp³-hybridized carbons (Fsp3) is 0.600. The van der Waals surface area contributed by atoms with Gasteiger partial charge in [0.1, 0.15) is 10.9 Å². The number of methoxy groups -OCH3 is 1. The second-order valence-electron chi connectivity index (χ2n) is 4.09. The van der Waals surface area contributed by atoms with E-state index in [-0.39, 0.29) is 24.7 Å². The molecule has 0 radical (unpaired) electrons. The molecular formula is C10H15N3O5S. The number of carbonyl (C=O) groups is 1. The van der Waals surface area contributed by atoms with Gasteiger partial charge < -0.3 is 9.47 Å². The number of aryl methyl sites for hydroxylation is 1. The quantitative estimate of drug-likeness (QED) is 0.737. The van der Waals surface area contributed by atoms with Crippen molar-refractivity contribution in [2.24, 2.45) is 0 Å². The van der Waals surface area contributed by atoms with E-state index in [0.29, 0.717) is 5.69 Å². The number of hydrogen-bond acceptors (Lipinski definition) is 6. The van der Waals surface area contributed by atoms with E-state index in [4.69, 9.17) is 4.74 Å². The third-order valence-corrected chi connectivity index (χ3v) is 4.94. The lowest BCUT2D eigenvalue weighted by Crippen LogP contribution is -2.52. The smallest absolute Gasteiger partial charge is 0.326 e. The van der Waals surface area contributed by atoms with Crippen LogP contribution in [0, 0.1) is 6.92 Å². The van der Waals surface area contributed by atoms with Crippen molar-refractivity contribution in [3.8, 4) is 0 Å². The number of hydrogen-bond donors (Lipinski definition) is 1. The SMILES string of the molecule is COC(=O)C1COCCN1S(=O)(=O)c1cn[nH]c1C. The lowest BCUT2D eigenvalue weighted by Gasteiger charge is -2.32. The number of esters is 1. The first-order valence-corrected chi connectivity index (χ1v) is 7.10. The lowest BCUT2D eigenvalue weighted by atomic mass is 10.3. The molecule has 0 saturated carbocycles. The predicted octanol–water partition coefficient (Wildman–Crippen LogP) is -0.719. The minimum atomic E-state index is -3.79. The van der Waals surface area contributed by atoms with E-state index in [2.05, 4.69) is 14.9 Å². The van der Waals surface area contributed by atoms with Crippen molar-refractivity contribution >= 4 is 16.0 Å². The first-order valence-electron chi connectivity index (χ1n) is 5.66. The Morgan fingerprint density at radius 3 is 2.95 bits per heavy atom. The highest BCUT2D eigenvalue weighted by Crippen LogP contribution is 2.22. The Kier molecular flexibility index (Phi) is 3.88. The Labute approximate surface area is 110 Å². The number of sulfonamides is 1. The average molecular weight is 289 g/mol. The summed E-state index contributed by atoms with van der Waals surface area (Å²) in [6.07, 6.45) is 1.23.